The fraction of sp³-hybridized carbons (Fsp3) is 0.625. The van der Waals surface area contributed by atoms with Gasteiger partial charge in [-0.25, -0.2) is 0 Å². The Bertz CT molecular complexity index is 796. The number of carbonyl (C=O) groups is 3. The third-order valence-corrected chi connectivity index (χ3v) is 4.26. The summed E-state index contributed by atoms with van der Waals surface area (Å²) in [4.78, 5) is 36.8. The largest absolute Gasteiger partial charge is 0.460 e. The van der Waals surface area contributed by atoms with Crippen LogP contribution in [-0.2, 0) is 19.1 Å². The summed E-state index contributed by atoms with van der Waals surface area (Å²) in [6.45, 7) is 14.4. The molecule has 0 aliphatic carbocycles. The molecule has 0 fully saturated rings. The molecule has 32 heavy (non-hydrogen) atoms. The van der Waals surface area contributed by atoms with Gasteiger partial charge >= 0.3 is 17.9 Å². The van der Waals surface area contributed by atoms with Crippen molar-refractivity contribution >= 4 is 17.9 Å². The van der Waals surface area contributed by atoms with Crippen molar-refractivity contribution in [3.05, 3.63) is 23.8 Å². The molecular formula is C24H37NO7. The molecule has 1 unspecified atom stereocenters. The monoisotopic (exact) mass is 451 g/mol. The number of esters is 3. The molecule has 0 amide bonds. The summed E-state index contributed by atoms with van der Waals surface area (Å²) in [5.74, 6) is -2.78. The van der Waals surface area contributed by atoms with Gasteiger partial charge in [0, 0.05) is 12.6 Å². The van der Waals surface area contributed by atoms with Gasteiger partial charge in [0.15, 0.2) is 11.5 Å². The molecule has 0 heterocycles. The number of aliphatic hydroxyl groups is 1. The summed E-state index contributed by atoms with van der Waals surface area (Å²) in [5, 5.41) is 13.6. The van der Waals surface area contributed by atoms with E-state index in [-0.39, 0.29) is 29.9 Å². The lowest BCUT2D eigenvalue weighted by Gasteiger charge is -2.21. The lowest BCUT2D eigenvalue weighted by molar-refractivity contribution is -0.158. The van der Waals surface area contributed by atoms with Crippen molar-refractivity contribution in [3.8, 4) is 11.5 Å². The maximum absolute atomic E-state index is 12.6. The highest BCUT2D eigenvalue weighted by Gasteiger charge is 2.25. The molecule has 0 aromatic heterocycles. The molecule has 2 atom stereocenters. The van der Waals surface area contributed by atoms with E-state index in [1.807, 2.05) is 13.8 Å². The lowest BCUT2D eigenvalue weighted by Crippen LogP contribution is -2.28. The molecule has 1 rings (SSSR count). The Kier molecular flexibility index (Phi) is 10.3. The number of carbonyl (C=O) groups excluding carboxylic acids is 3. The van der Waals surface area contributed by atoms with Crippen molar-refractivity contribution in [1.29, 1.82) is 0 Å². The molecule has 2 N–H and O–H groups in total. The van der Waals surface area contributed by atoms with E-state index in [9.17, 15) is 19.5 Å². The summed E-state index contributed by atoms with van der Waals surface area (Å²) in [6, 6.07) is 4.74. The summed E-state index contributed by atoms with van der Waals surface area (Å²) >= 11 is 0. The van der Waals surface area contributed by atoms with Crippen LogP contribution in [0.25, 0.3) is 0 Å². The van der Waals surface area contributed by atoms with E-state index in [1.54, 1.807) is 47.6 Å². The second-order valence-electron chi connectivity index (χ2n) is 9.47. The minimum Gasteiger partial charge on any atom is -0.460 e. The first-order valence-corrected chi connectivity index (χ1v) is 10.9. The number of hydrogen-bond donors (Lipinski definition) is 2. The van der Waals surface area contributed by atoms with E-state index in [0.717, 1.165) is 0 Å². The van der Waals surface area contributed by atoms with Gasteiger partial charge < -0.3 is 24.6 Å². The zero-order chi connectivity index (χ0) is 24.6. The molecule has 0 radical (unpaired) electrons. The summed E-state index contributed by atoms with van der Waals surface area (Å²) in [7, 11) is 0. The van der Waals surface area contributed by atoms with Gasteiger partial charge in [0.2, 0.25) is 0 Å². The first-order valence-electron chi connectivity index (χ1n) is 10.9. The number of hydrogen-bond acceptors (Lipinski definition) is 8. The highest BCUT2D eigenvalue weighted by Crippen LogP contribution is 2.32. The molecular weight excluding hydrogens is 414 g/mol. The molecule has 0 bridgehead atoms. The maximum atomic E-state index is 12.6. The molecule has 1 aromatic carbocycles. The Morgan fingerprint density at radius 3 is 2.09 bits per heavy atom. The average Bonchev–Trinajstić information content (AvgIpc) is 2.65. The first-order chi connectivity index (χ1) is 14.7. The van der Waals surface area contributed by atoms with Crippen LogP contribution in [0.2, 0.25) is 0 Å². The van der Waals surface area contributed by atoms with Crippen LogP contribution in [0.1, 0.15) is 73.5 Å². The molecule has 0 saturated heterocycles. The first kappa shape index (κ1) is 27.6. The summed E-state index contributed by atoms with van der Waals surface area (Å²) in [5.41, 5.74) is -0.168. The van der Waals surface area contributed by atoms with E-state index >= 15 is 0 Å². The topological polar surface area (TPSA) is 111 Å². The van der Waals surface area contributed by atoms with Gasteiger partial charge in [0.25, 0.3) is 0 Å². The fourth-order valence-electron chi connectivity index (χ4n) is 2.51. The van der Waals surface area contributed by atoms with Gasteiger partial charge in [-0.15, -0.1) is 0 Å². The SMILES string of the molecule is CC(C)NC[C@@H](O)c1ccc(OC(=O)C(C)C)c(OC(=O)C(C)CC(=O)OC(C)(C)C)c1. The van der Waals surface area contributed by atoms with Crippen LogP contribution in [0.5, 0.6) is 11.5 Å². The van der Waals surface area contributed by atoms with Crippen molar-refractivity contribution < 1.29 is 33.7 Å². The quantitative estimate of drug-likeness (QED) is 0.410. The van der Waals surface area contributed by atoms with Crippen LogP contribution in [-0.4, -0.2) is 41.2 Å². The Morgan fingerprint density at radius 2 is 1.56 bits per heavy atom. The van der Waals surface area contributed by atoms with Crippen molar-refractivity contribution in [1.82, 2.24) is 5.32 Å². The van der Waals surface area contributed by atoms with Crippen molar-refractivity contribution in [2.24, 2.45) is 11.8 Å². The minimum absolute atomic E-state index is 0.00105. The van der Waals surface area contributed by atoms with E-state index in [2.05, 4.69) is 5.32 Å². The number of nitrogens with one attached hydrogen (secondary N) is 1. The van der Waals surface area contributed by atoms with E-state index < -0.39 is 35.5 Å². The molecule has 8 nitrogen and oxygen atoms in total. The standard InChI is InChI=1S/C24H37NO7/c1-14(2)22(28)30-19-10-9-17(18(26)13-25-15(3)4)12-20(19)31-23(29)16(5)11-21(27)32-24(6,7)8/h9-10,12,14-16,18,25-26H,11,13H2,1-8H3/t16?,18-/m1/s1. The maximum Gasteiger partial charge on any atom is 0.314 e. The van der Waals surface area contributed by atoms with Gasteiger partial charge in [-0.05, 0) is 38.5 Å². The van der Waals surface area contributed by atoms with Crippen LogP contribution in [0, 0.1) is 11.8 Å². The van der Waals surface area contributed by atoms with Gasteiger partial charge in [0.1, 0.15) is 5.60 Å². The van der Waals surface area contributed by atoms with Gasteiger partial charge in [-0.3, -0.25) is 14.4 Å². The molecule has 1 aromatic rings. The Morgan fingerprint density at radius 1 is 0.969 bits per heavy atom. The fourth-order valence-corrected chi connectivity index (χ4v) is 2.51. The van der Waals surface area contributed by atoms with E-state index in [1.165, 1.54) is 12.1 Å². The third kappa shape index (κ3) is 9.78. The predicted octanol–water partition coefficient (Wildman–Crippen LogP) is 3.55. The van der Waals surface area contributed by atoms with Crippen LogP contribution < -0.4 is 14.8 Å². The van der Waals surface area contributed by atoms with Gasteiger partial charge in [0.05, 0.1) is 24.4 Å². The second kappa shape index (κ2) is 12.0. The predicted molar refractivity (Wildman–Crippen MR) is 120 cm³/mol. The Balaban J connectivity index is 3.05. The summed E-state index contributed by atoms with van der Waals surface area (Å²) < 4.78 is 16.1. The highest BCUT2D eigenvalue weighted by atomic mass is 16.6. The number of benzene rings is 1. The van der Waals surface area contributed by atoms with E-state index in [0.29, 0.717) is 12.1 Å². The molecule has 180 valence electrons. The van der Waals surface area contributed by atoms with Gasteiger partial charge in [-0.1, -0.05) is 40.7 Å². The normalized spacial score (nSPS) is 13.6. The van der Waals surface area contributed by atoms with E-state index in [4.69, 9.17) is 14.2 Å². The summed E-state index contributed by atoms with van der Waals surface area (Å²) in [6.07, 6.45) is -1.01. The third-order valence-electron chi connectivity index (χ3n) is 4.26. The van der Waals surface area contributed by atoms with Crippen LogP contribution >= 0.6 is 0 Å². The average molecular weight is 452 g/mol. The Hall–Kier alpha value is -2.45. The zero-order valence-corrected chi connectivity index (χ0v) is 20.4. The molecule has 8 heteroatoms. The number of ether oxygens (including phenoxy) is 3. The second-order valence-corrected chi connectivity index (χ2v) is 9.47. The number of rotatable bonds is 10. The van der Waals surface area contributed by atoms with Crippen molar-refractivity contribution in [2.75, 3.05) is 6.54 Å². The number of aliphatic hydroxyl groups excluding tert-OH is 1. The molecule has 0 aliphatic heterocycles. The zero-order valence-electron chi connectivity index (χ0n) is 20.4. The van der Waals surface area contributed by atoms with Crippen LogP contribution in [0.3, 0.4) is 0 Å². The lowest BCUT2D eigenvalue weighted by atomic mass is 10.1. The van der Waals surface area contributed by atoms with Crippen molar-refractivity contribution in [3.63, 3.8) is 0 Å². The molecule has 0 spiro atoms. The molecule has 0 aliphatic rings. The van der Waals surface area contributed by atoms with Crippen LogP contribution in [0.15, 0.2) is 18.2 Å². The minimum atomic E-state index is -0.858. The van der Waals surface area contributed by atoms with Crippen LogP contribution in [0.4, 0.5) is 0 Å². The highest BCUT2D eigenvalue weighted by molar-refractivity contribution is 5.82. The molecule has 0 saturated carbocycles. The smallest absolute Gasteiger partial charge is 0.314 e. The van der Waals surface area contributed by atoms with Gasteiger partial charge in [-0.2, -0.15) is 0 Å². The Labute approximate surface area is 190 Å². The van der Waals surface area contributed by atoms with Crippen molar-refractivity contribution in [2.45, 2.75) is 79.6 Å².